The van der Waals surface area contributed by atoms with Crippen molar-refractivity contribution in [2.24, 2.45) is 18.5 Å². The van der Waals surface area contributed by atoms with Crippen molar-refractivity contribution in [1.29, 1.82) is 0 Å². The van der Waals surface area contributed by atoms with Crippen LogP contribution in [0.3, 0.4) is 0 Å². The number of hydrogen-bond donors (Lipinski definition) is 3. The number of fused-ring (bicyclic) bond motifs is 1. The molecule has 2 atom stereocenters. The van der Waals surface area contributed by atoms with Gasteiger partial charge in [-0.25, -0.2) is 4.79 Å². The Morgan fingerprint density at radius 1 is 1.47 bits per heavy atom. The van der Waals surface area contributed by atoms with Crippen LogP contribution in [0.2, 0.25) is 0 Å². The van der Waals surface area contributed by atoms with Crippen molar-refractivity contribution in [3.05, 3.63) is 34.3 Å². The lowest BCUT2D eigenvalue weighted by Gasteiger charge is -2.18. The lowest BCUT2D eigenvalue weighted by atomic mass is 9.98. The normalized spacial score (nSPS) is 14.5. The summed E-state index contributed by atoms with van der Waals surface area (Å²) in [6, 6.07) is 3.67. The molecule has 2 aromatic rings. The fourth-order valence-electron chi connectivity index (χ4n) is 1.93. The smallest absolute Gasteiger partial charge is 0.419 e. The minimum atomic E-state index is -1.00. The van der Waals surface area contributed by atoms with Crippen molar-refractivity contribution in [2.75, 3.05) is 0 Å². The summed E-state index contributed by atoms with van der Waals surface area (Å²) in [7, 11) is 1.58. The van der Waals surface area contributed by atoms with E-state index < -0.39 is 23.8 Å². The molecule has 19 heavy (non-hydrogen) atoms. The van der Waals surface area contributed by atoms with E-state index in [1.807, 2.05) is 0 Å². The number of aliphatic carboxylic acids is 1. The third-order valence-electron chi connectivity index (χ3n) is 3.07. The Morgan fingerprint density at radius 3 is 2.79 bits per heavy atom. The molecule has 2 unspecified atom stereocenters. The molecule has 0 radical (unpaired) electrons. The van der Waals surface area contributed by atoms with Crippen molar-refractivity contribution in [3.63, 3.8) is 0 Å². The Balaban J connectivity index is 2.37. The zero-order valence-corrected chi connectivity index (χ0v) is 10.4. The molecule has 5 N–H and O–H groups in total. The van der Waals surface area contributed by atoms with E-state index in [1.54, 1.807) is 25.2 Å². The van der Waals surface area contributed by atoms with Crippen LogP contribution in [0.1, 0.15) is 18.0 Å². The van der Waals surface area contributed by atoms with Crippen molar-refractivity contribution in [1.82, 2.24) is 4.57 Å². The first kappa shape index (κ1) is 13.3. The van der Waals surface area contributed by atoms with Gasteiger partial charge in [-0.1, -0.05) is 6.07 Å². The molecule has 1 heterocycles. The van der Waals surface area contributed by atoms with Crippen LogP contribution in [0.15, 0.2) is 27.4 Å². The second-order valence-electron chi connectivity index (χ2n) is 4.44. The molecular formula is C12H15N3O4. The van der Waals surface area contributed by atoms with Gasteiger partial charge in [-0.2, -0.15) is 0 Å². The van der Waals surface area contributed by atoms with E-state index in [2.05, 4.69) is 0 Å². The van der Waals surface area contributed by atoms with Gasteiger partial charge in [0.15, 0.2) is 5.58 Å². The van der Waals surface area contributed by atoms with Gasteiger partial charge in [-0.05, 0) is 17.7 Å². The van der Waals surface area contributed by atoms with Crippen LogP contribution in [-0.4, -0.2) is 21.7 Å². The molecule has 0 spiro atoms. The lowest BCUT2D eigenvalue weighted by Crippen LogP contribution is -2.36. The maximum atomic E-state index is 11.4. The van der Waals surface area contributed by atoms with Gasteiger partial charge in [0.2, 0.25) is 0 Å². The fraction of sp³-hybridized carbons (Fsp3) is 0.333. The summed E-state index contributed by atoms with van der Waals surface area (Å²) < 4.78 is 6.36. The summed E-state index contributed by atoms with van der Waals surface area (Å²) in [4.78, 5) is 22.0. The molecule has 0 bridgehead atoms. The molecule has 1 aromatic heterocycles. The summed E-state index contributed by atoms with van der Waals surface area (Å²) in [5.41, 5.74) is 13.4. The topological polar surface area (TPSA) is 124 Å². The lowest BCUT2D eigenvalue weighted by molar-refractivity contribution is -0.137. The van der Waals surface area contributed by atoms with Gasteiger partial charge < -0.3 is 21.0 Å². The molecule has 0 aliphatic carbocycles. The SMILES string of the molecule is Cn1c(=O)oc2ccc(C(N)C(N)CC(=O)O)cc21. The first-order valence-electron chi connectivity index (χ1n) is 5.72. The second kappa shape index (κ2) is 4.87. The summed E-state index contributed by atoms with van der Waals surface area (Å²) >= 11 is 0. The van der Waals surface area contributed by atoms with E-state index in [0.717, 1.165) is 0 Å². The summed E-state index contributed by atoms with van der Waals surface area (Å²) in [5.74, 6) is -1.46. The molecule has 0 saturated carbocycles. The number of nitrogens with two attached hydrogens (primary N) is 2. The van der Waals surface area contributed by atoms with Crippen LogP contribution in [0, 0.1) is 0 Å². The van der Waals surface area contributed by atoms with Crippen LogP contribution in [0.5, 0.6) is 0 Å². The van der Waals surface area contributed by atoms with Crippen LogP contribution in [-0.2, 0) is 11.8 Å². The Morgan fingerprint density at radius 2 is 2.16 bits per heavy atom. The van der Waals surface area contributed by atoms with Gasteiger partial charge in [0.25, 0.3) is 0 Å². The minimum absolute atomic E-state index is 0.219. The minimum Gasteiger partial charge on any atom is -0.481 e. The number of carboxylic acid groups (broad SMARTS) is 1. The number of rotatable bonds is 4. The highest BCUT2D eigenvalue weighted by molar-refractivity contribution is 5.74. The molecule has 7 heteroatoms. The standard InChI is InChI=1S/C12H15N3O4/c1-15-8-4-6(2-3-9(8)19-12(15)18)11(14)7(13)5-10(16)17/h2-4,7,11H,5,13-14H2,1H3,(H,16,17). The molecule has 1 aromatic carbocycles. The van der Waals surface area contributed by atoms with E-state index >= 15 is 0 Å². The highest BCUT2D eigenvalue weighted by Gasteiger charge is 2.19. The van der Waals surface area contributed by atoms with Gasteiger partial charge in [-0.15, -0.1) is 0 Å². The van der Waals surface area contributed by atoms with Crippen LogP contribution < -0.4 is 17.2 Å². The zero-order valence-electron chi connectivity index (χ0n) is 10.4. The molecule has 0 amide bonds. The quantitative estimate of drug-likeness (QED) is 0.711. The number of carboxylic acids is 1. The Hall–Kier alpha value is -2.12. The first-order valence-corrected chi connectivity index (χ1v) is 5.72. The van der Waals surface area contributed by atoms with E-state index in [4.69, 9.17) is 21.0 Å². The Bertz CT molecular complexity index is 673. The highest BCUT2D eigenvalue weighted by atomic mass is 16.4. The van der Waals surface area contributed by atoms with Gasteiger partial charge in [0.1, 0.15) is 0 Å². The average molecular weight is 265 g/mol. The van der Waals surface area contributed by atoms with E-state index in [-0.39, 0.29) is 6.42 Å². The van der Waals surface area contributed by atoms with Crippen LogP contribution in [0.4, 0.5) is 0 Å². The van der Waals surface area contributed by atoms with E-state index in [9.17, 15) is 9.59 Å². The molecule has 0 aliphatic heterocycles. The largest absolute Gasteiger partial charge is 0.481 e. The maximum absolute atomic E-state index is 11.4. The number of oxazole rings is 1. The number of aromatic nitrogens is 1. The molecule has 0 aliphatic rings. The summed E-state index contributed by atoms with van der Waals surface area (Å²) in [6.07, 6.45) is -0.219. The van der Waals surface area contributed by atoms with Crippen LogP contribution in [0.25, 0.3) is 11.1 Å². The molecule has 7 nitrogen and oxygen atoms in total. The summed E-state index contributed by atoms with van der Waals surface area (Å²) in [6.45, 7) is 0. The predicted molar refractivity (Wildman–Crippen MR) is 68.6 cm³/mol. The number of benzene rings is 1. The van der Waals surface area contributed by atoms with E-state index in [1.165, 1.54) is 4.57 Å². The second-order valence-corrected chi connectivity index (χ2v) is 4.44. The molecular weight excluding hydrogens is 250 g/mol. The number of aryl methyl sites for hydroxylation is 1. The number of carbonyl (C=O) groups is 1. The predicted octanol–water partition coefficient (Wildman–Crippen LogP) is -0.0667. The summed E-state index contributed by atoms with van der Waals surface area (Å²) in [5, 5.41) is 8.70. The number of hydrogen-bond acceptors (Lipinski definition) is 5. The Kier molecular flexibility index (Phi) is 3.41. The van der Waals surface area contributed by atoms with E-state index in [0.29, 0.717) is 16.7 Å². The van der Waals surface area contributed by atoms with Crippen LogP contribution >= 0.6 is 0 Å². The highest BCUT2D eigenvalue weighted by Crippen LogP contribution is 2.20. The van der Waals surface area contributed by atoms with Crippen molar-refractivity contribution in [3.8, 4) is 0 Å². The fourth-order valence-corrected chi connectivity index (χ4v) is 1.93. The molecule has 0 fully saturated rings. The number of nitrogens with zero attached hydrogens (tertiary/aromatic N) is 1. The maximum Gasteiger partial charge on any atom is 0.419 e. The van der Waals surface area contributed by atoms with Crippen molar-refractivity contribution in [2.45, 2.75) is 18.5 Å². The zero-order chi connectivity index (χ0) is 14.2. The van der Waals surface area contributed by atoms with Crippen molar-refractivity contribution >= 4 is 17.1 Å². The Labute approximate surface area is 108 Å². The monoisotopic (exact) mass is 265 g/mol. The van der Waals surface area contributed by atoms with Gasteiger partial charge in [-0.3, -0.25) is 9.36 Å². The molecule has 0 saturated heterocycles. The van der Waals surface area contributed by atoms with Crippen molar-refractivity contribution < 1.29 is 14.3 Å². The van der Waals surface area contributed by atoms with Gasteiger partial charge >= 0.3 is 11.7 Å². The molecule has 2 rings (SSSR count). The van der Waals surface area contributed by atoms with Gasteiger partial charge in [0.05, 0.1) is 11.9 Å². The molecule has 102 valence electrons. The third-order valence-corrected chi connectivity index (χ3v) is 3.07. The van der Waals surface area contributed by atoms with Gasteiger partial charge in [0, 0.05) is 19.1 Å². The average Bonchev–Trinajstić information content (AvgIpc) is 2.63. The first-order chi connectivity index (χ1) is 8.90. The third kappa shape index (κ3) is 2.51.